The molecule has 0 spiro atoms. The van der Waals surface area contributed by atoms with Crippen molar-refractivity contribution in [2.75, 3.05) is 28.7 Å². The van der Waals surface area contributed by atoms with Gasteiger partial charge in [0.1, 0.15) is 0 Å². The second kappa shape index (κ2) is 8.97. The molecule has 0 bridgehead atoms. The van der Waals surface area contributed by atoms with Crippen molar-refractivity contribution in [1.82, 2.24) is 19.6 Å². The summed E-state index contributed by atoms with van der Waals surface area (Å²) in [5.74, 6) is 1.15. The average Bonchev–Trinajstić information content (AvgIpc) is 3.39. The molecule has 2 aromatic heterocycles. The van der Waals surface area contributed by atoms with Crippen LogP contribution >= 0.6 is 15.9 Å². The molecule has 4 rings (SSSR count). The number of carbonyl (C=O) groups is 1. The normalized spacial score (nSPS) is 16.2. The van der Waals surface area contributed by atoms with Crippen molar-refractivity contribution in [1.29, 1.82) is 0 Å². The Labute approximate surface area is 182 Å². The van der Waals surface area contributed by atoms with E-state index < -0.39 is 0 Å². The van der Waals surface area contributed by atoms with Crippen LogP contribution in [0.1, 0.15) is 31.7 Å². The molecule has 3 aromatic rings. The maximum atomic E-state index is 11.5. The Kier molecular flexibility index (Phi) is 6.14. The van der Waals surface area contributed by atoms with E-state index in [1.807, 2.05) is 31.2 Å². The number of hydrogen-bond acceptors (Lipinski definition) is 7. The van der Waals surface area contributed by atoms with Crippen molar-refractivity contribution >= 4 is 45.1 Å². The number of nitrogens with one attached hydrogen (secondary N) is 2. The molecule has 1 saturated heterocycles. The number of carbonyl (C=O) groups excluding carboxylic acids is 1. The van der Waals surface area contributed by atoms with Crippen LogP contribution in [0.4, 0.5) is 17.6 Å². The second-order valence-corrected chi connectivity index (χ2v) is 8.05. The van der Waals surface area contributed by atoms with Gasteiger partial charge in [-0.05, 0) is 46.5 Å². The van der Waals surface area contributed by atoms with Gasteiger partial charge in [0, 0.05) is 25.2 Å². The molecule has 0 saturated carbocycles. The zero-order chi connectivity index (χ0) is 21.1. The highest BCUT2D eigenvalue weighted by Gasteiger charge is 2.27. The Morgan fingerprint density at radius 3 is 2.83 bits per heavy atom. The molecule has 10 heteroatoms. The summed E-state index contributed by atoms with van der Waals surface area (Å²) in [6.45, 7) is 3.26. The van der Waals surface area contributed by atoms with E-state index in [4.69, 9.17) is 4.98 Å². The van der Waals surface area contributed by atoms with Gasteiger partial charge in [0.05, 0.1) is 23.3 Å². The number of halogens is 1. The number of fused-ring (bicyclic) bond motifs is 1. The van der Waals surface area contributed by atoms with Crippen LogP contribution in [-0.2, 0) is 11.3 Å². The summed E-state index contributed by atoms with van der Waals surface area (Å²) >= 11 is 3.50. The lowest BCUT2D eigenvalue weighted by Gasteiger charge is -2.23. The minimum Gasteiger partial charge on any atom is -0.394 e. The summed E-state index contributed by atoms with van der Waals surface area (Å²) in [4.78, 5) is 22.9. The van der Waals surface area contributed by atoms with Crippen molar-refractivity contribution in [3.05, 3.63) is 40.5 Å². The number of anilines is 3. The van der Waals surface area contributed by atoms with Crippen LogP contribution < -0.4 is 15.5 Å². The Morgan fingerprint density at radius 2 is 2.10 bits per heavy atom. The maximum Gasteiger partial charge on any atom is 0.231 e. The first-order valence-corrected chi connectivity index (χ1v) is 10.8. The van der Waals surface area contributed by atoms with Gasteiger partial charge in [0.15, 0.2) is 5.65 Å². The van der Waals surface area contributed by atoms with Crippen LogP contribution in [0.5, 0.6) is 0 Å². The van der Waals surface area contributed by atoms with E-state index >= 15 is 0 Å². The highest BCUT2D eigenvalue weighted by molar-refractivity contribution is 9.10. The lowest BCUT2D eigenvalue weighted by atomic mass is 10.2. The monoisotopic (exact) mass is 473 g/mol. The number of hydrogen-bond donors (Lipinski definition) is 3. The molecular formula is C20H24BrN7O2. The molecule has 158 valence electrons. The van der Waals surface area contributed by atoms with E-state index in [0.29, 0.717) is 30.5 Å². The van der Waals surface area contributed by atoms with E-state index in [-0.39, 0.29) is 18.6 Å². The van der Waals surface area contributed by atoms with E-state index in [2.05, 4.69) is 41.5 Å². The minimum absolute atomic E-state index is 0.0101. The molecule has 9 nitrogen and oxygen atoms in total. The molecule has 0 unspecified atom stereocenters. The van der Waals surface area contributed by atoms with Crippen molar-refractivity contribution in [2.24, 2.45) is 0 Å². The molecule has 30 heavy (non-hydrogen) atoms. The molecule has 1 atom stereocenters. The fourth-order valence-electron chi connectivity index (χ4n) is 3.51. The van der Waals surface area contributed by atoms with Crippen LogP contribution in [0.3, 0.4) is 0 Å². The molecular weight excluding hydrogens is 450 g/mol. The van der Waals surface area contributed by atoms with Gasteiger partial charge in [-0.1, -0.05) is 19.1 Å². The highest BCUT2D eigenvalue weighted by atomic mass is 79.9. The molecule has 0 aliphatic carbocycles. The largest absolute Gasteiger partial charge is 0.394 e. The topological polar surface area (TPSA) is 108 Å². The predicted molar refractivity (Wildman–Crippen MR) is 119 cm³/mol. The Hall–Kier alpha value is -2.72. The number of amides is 1. The minimum atomic E-state index is -0.0101. The first kappa shape index (κ1) is 20.5. The van der Waals surface area contributed by atoms with Gasteiger partial charge >= 0.3 is 0 Å². The molecule has 3 heterocycles. The number of aromatic nitrogens is 4. The summed E-state index contributed by atoms with van der Waals surface area (Å²) in [6.07, 6.45) is 4.07. The van der Waals surface area contributed by atoms with Crippen LogP contribution in [-0.4, -0.2) is 49.8 Å². The zero-order valence-corrected chi connectivity index (χ0v) is 18.3. The van der Waals surface area contributed by atoms with E-state index in [1.54, 1.807) is 10.7 Å². The fourth-order valence-corrected chi connectivity index (χ4v) is 3.86. The molecule has 1 aliphatic rings. The average molecular weight is 474 g/mol. The first-order valence-electron chi connectivity index (χ1n) is 10.0. The maximum absolute atomic E-state index is 11.5. The molecule has 1 fully saturated rings. The Balaban J connectivity index is 1.55. The van der Waals surface area contributed by atoms with Crippen molar-refractivity contribution in [3.8, 4) is 0 Å². The molecule has 1 amide bonds. The summed E-state index contributed by atoms with van der Waals surface area (Å²) in [5.41, 5.74) is 2.49. The van der Waals surface area contributed by atoms with E-state index in [0.717, 1.165) is 35.1 Å². The van der Waals surface area contributed by atoms with Crippen molar-refractivity contribution in [3.63, 3.8) is 0 Å². The third-order valence-electron chi connectivity index (χ3n) is 5.17. The van der Waals surface area contributed by atoms with Gasteiger partial charge in [-0.3, -0.25) is 4.79 Å². The van der Waals surface area contributed by atoms with E-state index in [1.165, 1.54) is 0 Å². The van der Waals surface area contributed by atoms with Gasteiger partial charge in [0.2, 0.25) is 17.8 Å². The summed E-state index contributed by atoms with van der Waals surface area (Å²) in [7, 11) is 0. The SMILES string of the molecule is CCC(=O)Nc1ccc(CNc2nc(N3CCC[C@@H]3CO)nc3c(Br)cnn23)cc1. The number of nitrogens with zero attached hydrogens (tertiary/aromatic N) is 5. The Bertz CT molecular complexity index is 1040. The number of aliphatic hydroxyl groups is 1. The molecule has 1 aliphatic heterocycles. The van der Waals surface area contributed by atoms with Crippen LogP contribution in [0.25, 0.3) is 5.65 Å². The van der Waals surface area contributed by atoms with Crippen LogP contribution in [0.15, 0.2) is 34.9 Å². The van der Waals surface area contributed by atoms with E-state index in [9.17, 15) is 9.90 Å². The smallest absolute Gasteiger partial charge is 0.231 e. The summed E-state index contributed by atoms with van der Waals surface area (Å²) < 4.78 is 2.44. The first-order chi connectivity index (χ1) is 14.6. The molecule has 0 radical (unpaired) electrons. The van der Waals surface area contributed by atoms with Crippen LogP contribution in [0.2, 0.25) is 0 Å². The molecule has 1 aromatic carbocycles. The molecule has 3 N–H and O–H groups in total. The van der Waals surface area contributed by atoms with Crippen molar-refractivity contribution < 1.29 is 9.90 Å². The standard InChI is InChI=1S/C20H24BrN7O2/c1-2-17(30)24-14-7-5-13(6-8-14)10-22-19-26-20(27-9-3-4-15(27)12-29)25-18-16(21)11-23-28(18)19/h5-8,11,15,29H,2-4,9-10,12H2,1H3,(H,24,30)(H,22,25,26)/t15-/m1/s1. The number of rotatable bonds is 7. The summed E-state index contributed by atoms with van der Waals surface area (Å²) in [5, 5.41) is 20.2. The number of aliphatic hydroxyl groups excluding tert-OH is 1. The van der Waals surface area contributed by atoms with Crippen LogP contribution in [0, 0.1) is 0 Å². The summed E-state index contributed by atoms with van der Waals surface area (Å²) in [6, 6.07) is 7.71. The third kappa shape index (κ3) is 4.24. The Morgan fingerprint density at radius 1 is 1.30 bits per heavy atom. The van der Waals surface area contributed by atoms with Gasteiger partial charge in [0.25, 0.3) is 0 Å². The van der Waals surface area contributed by atoms with Crippen molar-refractivity contribution in [2.45, 2.75) is 38.8 Å². The lowest BCUT2D eigenvalue weighted by Crippen LogP contribution is -2.34. The zero-order valence-electron chi connectivity index (χ0n) is 16.7. The fraction of sp³-hybridized carbons (Fsp3) is 0.400. The van der Waals surface area contributed by atoms with Gasteiger partial charge in [-0.15, -0.1) is 0 Å². The predicted octanol–water partition coefficient (Wildman–Crippen LogP) is 2.81. The highest BCUT2D eigenvalue weighted by Crippen LogP contribution is 2.26. The quantitative estimate of drug-likeness (QED) is 0.484. The number of benzene rings is 1. The van der Waals surface area contributed by atoms with Gasteiger partial charge in [-0.2, -0.15) is 19.6 Å². The third-order valence-corrected chi connectivity index (χ3v) is 5.73. The van der Waals surface area contributed by atoms with Gasteiger partial charge < -0.3 is 20.6 Å². The lowest BCUT2D eigenvalue weighted by molar-refractivity contribution is -0.115. The van der Waals surface area contributed by atoms with Gasteiger partial charge in [-0.25, -0.2) is 0 Å². The second-order valence-electron chi connectivity index (χ2n) is 7.20.